The van der Waals surface area contributed by atoms with E-state index in [1.165, 1.54) is 0 Å². The van der Waals surface area contributed by atoms with Crippen LogP contribution in [0.1, 0.15) is 24.4 Å². The minimum Gasteiger partial charge on any atom is -0.496 e. The number of carbonyl (C=O) groups excluding carboxylic acids is 2. The largest absolute Gasteiger partial charge is 0.496 e. The lowest BCUT2D eigenvalue weighted by molar-refractivity contribution is -0.141. The van der Waals surface area contributed by atoms with Gasteiger partial charge in [0.25, 0.3) is 0 Å². The van der Waals surface area contributed by atoms with Crippen LogP contribution in [-0.4, -0.2) is 86.0 Å². The molecule has 3 fully saturated rings. The number of methoxy groups -OCH3 is 1. The van der Waals surface area contributed by atoms with Crippen molar-refractivity contribution >= 4 is 24.2 Å². The quantitative estimate of drug-likeness (QED) is 0.771. The summed E-state index contributed by atoms with van der Waals surface area (Å²) in [5, 5.41) is 3.44. The zero-order valence-corrected chi connectivity index (χ0v) is 17.8. The van der Waals surface area contributed by atoms with Gasteiger partial charge in [0.1, 0.15) is 5.75 Å². The molecule has 0 aromatic heterocycles. The second kappa shape index (κ2) is 9.78. The molecule has 2 saturated heterocycles. The van der Waals surface area contributed by atoms with E-state index in [9.17, 15) is 9.59 Å². The summed E-state index contributed by atoms with van der Waals surface area (Å²) in [6, 6.07) is 8.15. The molecule has 0 spiro atoms. The Morgan fingerprint density at radius 2 is 1.76 bits per heavy atom. The summed E-state index contributed by atoms with van der Waals surface area (Å²) >= 11 is 0. The molecule has 1 saturated carbocycles. The standard InChI is InChI=1S/C21H30N4O3.ClH/c1-28-19-5-3-2-4-17(19)18-14-22-8-9-25(18)15-20(26)23-10-12-24(13-11-23)21(27)16-6-7-16;/h2-5,16,18,22H,6-15H2,1H3;1H. The number of hydrogen-bond donors (Lipinski definition) is 1. The molecule has 4 rings (SSSR count). The van der Waals surface area contributed by atoms with Gasteiger partial charge in [-0.3, -0.25) is 14.5 Å². The van der Waals surface area contributed by atoms with Crippen LogP contribution in [-0.2, 0) is 9.59 Å². The molecule has 2 amide bonds. The van der Waals surface area contributed by atoms with Crippen molar-refractivity contribution in [2.24, 2.45) is 5.92 Å². The fraction of sp³-hybridized carbons (Fsp3) is 0.619. The van der Waals surface area contributed by atoms with Crippen LogP contribution in [0.4, 0.5) is 0 Å². The Bertz CT molecular complexity index is 720. The number of benzene rings is 1. The van der Waals surface area contributed by atoms with E-state index >= 15 is 0 Å². The maximum absolute atomic E-state index is 12.9. The first-order valence-electron chi connectivity index (χ1n) is 10.3. The molecule has 1 atom stereocenters. The van der Waals surface area contributed by atoms with Crippen LogP contribution in [0.5, 0.6) is 5.75 Å². The van der Waals surface area contributed by atoms with Crippen molar-refractivity contribution in [3.63, 3.8) is 0 Å². The fourth-order valence-electron chi connectivity index (χ4n) is 4.22. The van der Waals surface area contributed by atoms with Crippen LogP contribution >= 0.6 is 12.4 Å². The van der Waals surface area contributed by atoms with Crippen LogP contribution in [0.2, 0.25) is 0 Å². The van der Waals surface area contributed by atoms with E-state index in [0.29, 0.717) is 32.7 Å². The van der Waals surface area contributed by atoms with Gasteiger partial charge in [-0.1, -0.05) is 18.2 Å². The molecule has 2 aliphatic heterocycles. The number of carbonyl (C=O) groups is 2. The minimum atomic E-state index is 0. The number of halogens is 1. The van der Waals surface area contributed by atoms with Gasteiger partial charge in [-0.2, -0.15) is 0 Å². The molecule has 7 nitrogen and oxygen atoms in total. The van der Waals surface area contributed by atoms with E-state index in [4.69, 9.17) is 4.74 Å². The van der Waals surface area contributed by atoms with E-state index in [1.54, 1.807) is 7.11 Å². The molecule has 0 bridgehead atoms. The second-order valence-corrected chi connectivity index (χ2v) is 7.91. The van der Waals surface area contributed by atoms with Crippen molar-refractivity contribution < 1.29 is 14.3 Å². The van der Waals surface area contributed by atoms with Gasteiger partial charge in [0.15, 0.2) is 0 Å². The average Bonchev–Trinajstić information content (AvgIpc) is 3.59. The van der Waals surface area contributed by atoms with Crippen LogP contribution < -0.4 is 10.1 Å². The van der Waals surface area contributed by atoms with Gasteiger partial charge in [-0.25, -0.2) is 0 Å². The van der Waals surface area contributed by atoms with Gasteiger partial charge in [-0.15, -0.1) is 12.4 Å². The van der Waals surface area contributed by atoms with Gasteiger partial charge < -0.3 is 19.9 Å². The molecule has 0 radical (unpaired) electrons. The van der Waals surface area contributed by atoms with E-state index in [-0.39, 0.29) is 36.2 Å². The third kappa shape index (κ3) is 5.02. The summed E-state index contributed by atoms with van der Waals surface area (Å²) < 4.78 is 5.54. The zero-order chi connectivity index (χ0) is 19.5. The highest BCUT2D eigenvalue weighted by Crippen LogP contribution is 2.32. The maximum atomic E-state index is 12.9. The molecular formula is C21H31ClN4O3. The minimum absolute atomic E-state index is 0. The molecule has 1 unspecified atom stereocenters. The molecule has 1 aliphatic carbocycles. The molecule has 3 aliphatic rings. The van der Waals surface area contributed by atoms with Crippen LogP contribution in [0.3, 0.4) is 0 Å². The maximum Gasteiger partial charge on any atom is 0.236 e. The first-order chi connectivity index (χ1) is 13.7. The first kappa shape index (κ1) is 21.9. The van der Waals surface area contributed by atoms with Crippen LogP contribution in [0, 0.1) is 5.92 Å². The lowest BCUT2D eigenvalue weighted by atomic mass is 10.0. The summed E-state index contributed by atoms with van der Waals surface area (Å²) in [4.78, 5) is 31.3. The summed E-state index contributed by atoms with van der Waals surface area (Å²) in [5.74, 6) is 1.55. The molecule has 8 heteroatoms. The summed E-state index contributed by atoms with van der Waals surface area (Å²) in [7, 11) is 1.69. The predicted molar refractivity (Wildman–Crippen MR) is 113 cm³/mol. The topological polar surface area (TPSA) is 65.1 Å². The summed E-state index contributed by atoms with van der Waals surface area (Å²) in [6.45, 7) is 5.53. The SMILES string of the molecule is COc1ccccc1C1CNCCN1CC(=O)N1CCN(C(=O)C2CC2)CC1.Cl. The second-order valence-electron chi connectivity index (χ2n) is 7.91. The summed E-state index contributed by atoms with van der Waals surface area (Å²) in [5.41, 5.74) is 1.12. The predicted octanol–water partition coefficient (Wildman–Crippen LogP) is 1.14. The van der Waals surface area contributed by atoms with E-state index < -0.39 is 0 Å². The van der Waals surface area contributed by atoms with Gasteiger partial charge in [-0.05, 0) is 18.9 Å². The van der Waals surface area contributed by atoms with Crippen molar-refractivity contribution in [3.05, 3.63) is 29.8 Å². The molecular weight excluding hydrogens is 392 g/mol. The van der Waals surface area contributed by atoms with E-state index in [2.05, 4.69) is 16.3 Å². The Balaban J connectivity index is 0.00000240. The zero-order valence-electron chi connectivity index (χ0n) is 17.0. The number of nitrogens with one attached hydrogen (secondary N) is 1. The van der Waals surface area contributed by atoms with E-state index in [1.807, 2.05) is 28.0 Å². The van der Waals surface area contributed by atoms with Crippen molar-refractivity contribution in [3.8, 4) is 5.75 Å². The molecule has 1 aromatic rings. The van der Waals surface area contributed by atoms with Crippen molar-refractivity contribution in [1.29, 1.82) is 0 Å². The third-order valence-electron chi connectivity index (χ3n) is 6.06. The van der Waals surface area contributed by atoms with Crippen LogP contribution in [0.25, 0.3) is 0 Å². The van der Waals surface area contributed by atoms with Crippen LogP contribution in [0.15, 0.2) is 24.3 Å². The highest BCUT2D eigenvalue weighted by Gasteiger charge is 2.36. The van der Waals surface area contributed by atoms with Crippen molar-refractivity contribution in [1.82, 2.24) is 20.0 Å². The van der Waals surface area contributed by atoms with Gasteiger partial charge in [0.05, 0.1) is 19.7 Å². The number of para-hydroxylation sites is 1. The number of piperazine rings is 2. The normalized spacial score (nSPS) is 22.7. The number of ether oxygens (including phenoxy) is 1. The highest BCUT2D eigenvalue weighted by molar-refractivity contribution is 5.85. The Morgan fingerprint density at radius 1 is 1.07 bits per heavy atom. The third-order valence-corrected chi connectivity index (χ3v) is 6.06. The van der Waals surface area contributed by atoms with E-state index in [0.717, 1.165) is 43.8 Å². The monoisotopic (exact) mass is 422 g/mol. The lowest BCUT2D eigenvalue weighted by Gasteiger charge is -2.39. The van der Waals surface area contributed by atoms with Gasteiger partial charge >= 0.3 is 0 Å². The number of rotatable bonds is 5. The summed E-state index contributed by atoms with van der Waals surface area (Å²) in [6.07, 6.45) is 2.07. The van der Waals surface area contributed by atoms with Gasteiger partial charge in [0, 0.05) is 57.3 Å². The smallest absolute Gasteiger partial charge is 0.236 e. The van der Waals surface area contributed by atoms with Crippen molar-refractivity contribution in [2.75, 3.05) is 59.5 Å². The molecule has 160 valence electrons. The Morgan fingerprint density at radius 3 is 2.45 bits per heavy atom. The molecule has 1 N–H and O–H groups in total. The Hall–Kier alpha value is -1.83. The Kier molecular flexibility index (Phi) is 7.38. The highest BCUT2D eigenvalue weighted by atomic mass is 35.5. The molecule has 2 heterocycles. The van der Waals surface area contributed by atoms with Crippen molar-refractivity contribution in [2.45, 2.75) is 18.9 Å². The average molecular weight is 423 g/mol. The molecule has 1 aromatic carbocycles. The van der Waals surface area contributed by atoms with Gasteiger partial charge in [0.2, 0.25) is 11.8 Å². The number of nitrogens with zero attached hydrogens (tertiary/aromatic N) is 3. The number of amides is 2. The Labute approximate surface area is 178 Å². The molecule has 29 heavy (non-hydrogen) atoms. The lowest BCUT2D eigenvalue weighted by Crippen LogP contribution is -2.55. The fourth-order valence-corrected chi connectivity index (χ4v) is 4.22. The number of hydrogen-bond acceptors (Lipinski definition) is 5. The first-order valence-corrected chi connectivity index (χ1v) is 10.3.